The SMILES string of the molecule is O=C(NCCOCC(F)(F)F)C1CC1c1ccc(C(F)(F)F)cc1. The zero-order valence-electron chi connectivity index (χ0n) is 12.4. The number of halogens is 6. The van der Waals surface area contributed by atoms with Crippen LogP contribution < -0.4 is 5.32 Å². The Morgan fingerprint density at radius 2 is 1.75 bits per heavy atom. The number of hydrogen-bond donors (Lipinski definition) is 1. The lowest BCUT2D eigenvalue weighted by Gasteiger charge is -2.09. The molecule has 9 heteroatoms. The number of amides is 1. The van der Waals surface area contributed by atoms with Crippen LogP contribution in [0.1, 0.15) is 23.5 Å². The van der Waals surface area contributed by atoms with Gasteiger partial charge in [0.15, 0.2) is 0 Å². The summed E-state index contributed by atoms with van der Waals surface area (Å²) in [7, 11) is 0. The van der Waals surface area contributed by atoms with Crippen LogP contribution in [0.15, 0.2) is 24.3 Å². The molecule has 1 saturated carbocycles. The molecule has 24 heavy (non-hydrogen) atoms. The van der Waals surface area contributed by atoms with Crippen LogP contribution in [0.4, 0.5) is 26.3 Å². The van der Waals surface area contributed by atoms with Gasteiger partial charge in [0.1, 0.15) is 6.61 Å². The van der Waals surface area contributed by atoms with Gasteiger partial charge in [0.05, 0.1) is 12.2 Å². The smallest absolute Gasteiger partial charge is 0.370 e. The summed E-state index contributed by atoms with van der Waals surface area (Å²) in [6, 6.07) is 4.61. The van der Waals surface area contributed by atoms with Crippen molar-refractivity contribution in [3.8, 4) is 0 Å². The van der Waals surface area contributed by atoms with E-state index < -0.39 is 24.5 Å². The maximum Gasteiger partial charge on any atom is 0.416 e. The molecule has 1 N–H and O–H groups in total. The molecular weight excluding hydrogens is 340 g/mol. The Bertz CT molecular complexity index is 567. The Morgan fingerprint density at radius 3 is 2.29 bits per heavy atom. The van der Waals surface area contributed by atoms with Crippen molar-refractivity contribution in [1.29, 1.82) is 0 Å². The van der Waals surface area contributed by atoms with Crippen molar-refractivity contribution < 1.29 is 35.9 Å². The van der Waals surface area contributed by atoms with Crippen LogP contribution >= 0.6 is 0 Å². The fourth-order valence-corrected chi connectivity index (χ4v) is 2.34. The highest BCUT2D eigenvalue weighted by atomic mass is 19.4. The Hall–Kier alpha value is -1.77. The van der Waals surface area contributed by atoms with Crippen molar-refractivity contribution in [2.24, 2.45) is 5.92 Å². The summed E-state index contributed by atoms with van der Waals surface area (Å²) in [4.78, 5) is 11.8. The fraction of sp³-hybridized carbons (Fsp3) is 0.533. The third kappa shape index (κ3) is 5.40. The van der Waals surface area contributed by atoms with Crippen LogP contribution in [0.2, 0.25) is 0 Å². The van der Waals surface area contributed by atoms with E-state index in [0.29, 0.717) is 12.0 Å². The largest absolute Gasteiger partial charge is 0.416 e. The minimum atomic E-state index is -4.41. The molecule has 134 valence electrons. The third-order valence-electron chi connectivity index (χ3n) is 3.60. The Morgan fingerprint density at radius 1 is 1.12 bits per heavy atom. The first-order valence-corrected chi connectivity index (χ1v) is 7.17. The van der Waals surface area contributed by atoms with Gasteiger partial charge in [-0.2, -0.15) is 26.3 Å². The molecule has 0 radical (unpaired) electrons. The monoisotopic (exact) mass is 355 g/mol. The maximum absolute atomic E-state index is 12.5. The zero-order valence-corrected chi connectivity index (χ0v) is 12.4. The number of hydrogen-bond acceptors (Lipinski definition) is 2. The van der Waals surface area contributed by atoms with E-state index in [1.807, 2.05) is 0 Å². The highest BCUT2D eigenvalue weighted by Crippen LogP contribution is 2.47. The van der Waals surface area contributed by atoms with Gasteiger partial charge in [0, 0.05) is 12.5 Å². The van der Waals surface area contributed by atoms with Crippen LogP contribution in [-0.4, -0.2) is 31.8 Å². The van der Waals surface area contributed by atoms with E-state index in [9.17, 15) is 31.1 Å². The molecule has 0 heterocycles. The molecule has 0 spiro atoms. The van der Waals surface area contributed by atoms with Crippen molar-refractivity contribution in [3.05, 3.63) is 35.4 Å². The van der Waals surface area contributed by atoms with E-state index in [1.165, 1.54) is 12.1 Å². The van der Waals surface area contributed by atoms with Gasteiger partial charge in [-0.15, -0.1) is 0 Å². The van der Waals surface area contributed by atoms with Crippen molar-refractivity contribution in [1.82, 2.24) is 5.32 Å². The highest BCUT2D eigenvalue weighted by Gasteiger charge is 2.44. The molecular formula is C15H15F6NO2. The quantitative estimate of drug-likeness (QED) is 0.627. The minimum Gasteiger partial charge on any atom is -0.370 e. The summed E-state index contributed by atoms with van der Waals surface area (Å²) in [5.74, 6) is -0.872. The van der Waals surface area contributed by atoms with E-state index in [1.54, 1.807) is 0 Å². The molecule has 2 atom stereocenters. The second kappa shape index (κ2) is 7.00. The molecule has 1 amide bonds. The summed E-state index contributed by atoms with van der Waals surface area (Å²) >= 11 is 0. The first-order chi connectivity index (χ1) is 11.1. The third-order valence-corrected chi connectivity index (χ3v) is 3.60. The lowest BCUT2D eigenvalue weighted by molar-refractivity contribution is -0.173. The summed E-state index contributed by atoms with van der Waals surface area (Å²) in [5, 5.41) is 2.45. The first kappa shape index (κ1) is 18.6. The van der Waals surface area contributed by atoms with E-state index in [-0.39, 0.29) is 30.9 Å². The Kier molecular flexibility index (Phi) is 5.42. The number of carbonyl (C=O) groups is 1. The molecule has 3 nitrogen and oxygen atoms in total. The van der Waals surface area contributed by atoms with Gasteiger partial charge in [-0.3, -0.25) is 4.79 Å². The summed E-state index contributed by atoms with van der Waals surface area (Å²) < 4.78 is 77.3. The summed E-state index contributed by atoms with van der Waals surface area (Å²) in [6.07, 6.45) is -8.32. The molecule has 0 saturated heterocycles. The second-order valence-electron chi connectivity index (χ2n) is 5.53. The lowest BCUT2D eigenvalue weighted by Crippen LogP contribution is -2.30. The molecule has 0 bridgehead atoms. The topological polar surface area (TPSA) is 38.3 Å². The molecule has 1 fully saturated rings. The average molecular weight is 355 g/mol. The standard InChI is InChI=1S/C15H15F6NO2/c16-14(17,18)8-24-6-5-22-13(23)12-7-11(12)9-1-3-10(4-2-9)15(19,20)21/h1-4,11-12H,5-8H2,(H,22,23). The number of benzene rings is 1. The van der Waals surface area contributed by atoms with Gasteiger partial charge >= 0.3 is 12.4 Å². The highest BCUT2D eigenvalue weighted by molar-refractivity contribution is 5.82. The molecule has 1 aromatic rings. The Balaban J connectivity index is 1.73. The first-order valence-electron chi connectivity index (χ1n) is 7.17. The van der Waals surface area contributed by atoms with Crippen molar-refractivity contribution in [2.75, 3.05) is 19.8 Å². The molecule has 0 aliphatic heterocycles. The van der Waals surface area contributed by atoms with Gasteiger partial charge < -0.3 is 10.1 Å². The zero-order chi connectivity index (χ0) is 18.0. The maximum atomic E-state index is 12.5. The number of alkyl halides is 6. The lowest BCUT2D eigenvalue weighted by atomic mass is 10.1. The van der Waals surface area contributed by atoms with Crippen molar-refractivity contribution >= 4 is 5.91 Å². The van der Waals surface area contributed by atoms with Gasteiger partial charge in [-0.25, -0.2) is 0 Å². The van der Waals surface area contributed by atoms with Crippen LogP contribution in [0.3, 0.4) is 0 Å². The van der Waals surface area contributed by atoms with Crippen LogP contribution in [0, 0.1) is 5.92 Å². The van der Waals surface area contributed by atoms with Gasteiger partial charge in [0.2, 0.25) is 5.91 Å². The molecule has 1 aromatic carbocycles. The summed E-state index contributed by atoms with van der Waals surface area (Å²) in [5.41, 5.74) is -0.119. The van der Waals surface area contributed by atoms with E-state index in [4.69, 9.17) is 0 Å². The minimum absolute atomic E-state index is 0.0505. The normalized spacial score (nSPS) is 20.8. The predicted molar refractivity (Wildman–Crippen MR) is 72.2 cm³/mol. The molecule has 0 aromatic heterocycles. The number of ether oxygens (including phenoxy) is 1. The van der Waals surface area contributed by atoms with Crippen LogP contribution in [0.5, 0.6) is 0 Å². The van der Waals surface area contributed by atoms with Gasteiger partial charge in [0.25, 0.3) is 0 Å². The van der Waals surface area contributed by atoms with Gasteiger partial charge in [-0.05, 0) is 30.0 Å². The molecule has 1 aliphatic carbocycles. The molecule has 2 unspecified atom stereocenters. The number of rotatable bonds is 6. The summed E-state index contributed by atoms with van der Waals surface area (Å²) in [6.45, 7) is -1.69. The molecule has 2 rings (SSSR count). The van der Waals surface area contributed by atoms with E-state index in [2.05, 4.69) is 10.1 Å². The van der Waals surface area contributed by atoms with Crippen LogP contribution in [0.25, 0.3) is 0 Å². The van der Waals surface area contributed by atoms with Crippen molar-refractivity contribution in [2.45, 2.75) is 24.7 Å². The predicted octanol–water partition coefficient (Wildman–Crippen LogP) is 3.50. The fourth-order valence-electron chi connectivity index (χ4n) is 2.34. The van der Waals surface area contributed by atoms with Crippen molar-refractivity contribution in [3.63, 3.8) is 0 Å². The average Bonchev–Trinajstić information content (AvgIpc) is 3.25. The van der Waals surface area contributed by atoms with E-state index in [0.717, 1.165) is 12.1 Å². The second-order valence-corrected chi connectivity index (χ2v) is 5.53. The number of nitrogens with one attached hydrogen (secondary N) is 1. The Labute approximate surface area is 134 Å². The molecule has 1 aliphatic rings. The van der Waals surface area contributed by atoms with Crippen LogP contribution in [-0.2, 0) is 15.7 Å². The van der Waals surface area contributed by atoms with E-state index >= 15 is 0 Å². The van der Waals surface area contributed by atoms with Gasteiger partial charge in [-0.1, -0.05) is 12.1 Å². The number of carbonyl (C=O) groups excluding carboxylic acids is 1.